The Morgan fingerprint density at radius 2 is 2.05 bits per heavy atom. The fourth-order valence-corrected chi connectivity index (χ4v) is 2.20. The second kappa shape index (κ2) is 8.12. The van der Waals surface area contributed by atoms with Crippen LogP contribution >= 0.6 is 0 Å². The summed E-state index contributed by atoms with van der Waals surface area (Å²) in [7, 11) is 2.12. The third kappa shape index (κ3) is 5.57. The van der Waals surface area contributed by atoms with Gasteiger partial charge in [0, 0.05) is 6.54 Å². The van der Waals surface area contributed by atoms with Crippen molar-refractivity contribution in [3.05, 3.63) is 0 Å². The number of hydrogen-bond acceptors (Lipinski definition) is 5. The first-order valence-electron chi connectivity index (χ1n) is 6.93. The Morgan fingerprint density at radius 1 is 1.42 bits per heavy atom. The largest absolute Gasteiger partial charge is 0.464 e. The summed E-state index contributed by atoms with van der Waals surface area (Å²) >= 11 is 0. The van der Waals surface area contributed by atoms with Gasteiger partial charge in [-0.05, 0) is 52.2 Å². The van der Waals surface area contributed by atoms with Crippen molar-refractivity contribution in [2.45, 2.75) is 32.2 Å². The van der Waals surface area contributed by atoms with Gasteiger partial charge in [-0.3, -0.25) is 4.79 Å². The van der Waals surface area contributed by atoms with Crippen LogP contribution in [0.1, 0.15) is 26.2 Å². The first-order valence-corrected chi connectivity index (χ1v) is 6.93. The smallest absolute Gasteiger partial charge is 0.332 e. The monoisotopic (exact) mass is 271 g/mol. The minimum Gasteiger partial charge on any atom is -0.464 e. The molecule has 1 fully saturated rings. The lowest BCUT2D eigenvalue weighted by Crippen LogP contribution is -2.47. The molecule has 110 valence electrons. The Labute approximate surface area is 114 Å². The minimum atomic E-state index is -1.21. The molecular formula is C13H25N3O3. The first-order chi connectivity index (χ1) is 9.04. The van der Waals surface area contributed by atoms with Crippen molar-refractivity contribution in [1.82, 2.24) is 10.2 Å². The standard InChI is InChI=1S/C13H25N3O3/c1-3-19-13(18)11(14)12(17)15-7-4-10-5-8-16(2)9-6-10/h10-11H,3-9,14H2,1-2H3,(H,15,17). The minimum absolute atomic E-state index is 0.232. The second-order valence-corrected chi connectivity index (χ2v) is 5.06. The van der Waals surface area contributed by atoms with E-state index >= 15 is 0 Å². The molecule has 0 spiro atoms. The van der Waals surface area contributed by atoms with Crippen LogP contribution in [-0.2, 0) is 14.3 Å². The highest BCUT2D eigenvalue weighted by Crippen LogP contribution is 2.18. The molecule has 0 aromatic heterocycles. The number of carbonyl (C=O) groups excluding carboxylic acids is 2. The molecule has 1 aliphatic heterocycles. The molecule has 19 heavy (non-hydrogen) atoms. The normalized spacial score (nSPS) is 18.9. The van der Waals surface area contributed by atoms with Crippen molar-refractivity contribution in [3.63, 3.8) is 0 Å². The average Bonchev–Trinajstić information content (AvgIpc) is 2.40. The van der Waals surface area contributed by atoms with Crippen LogP contribution in [0.25, 0.3) is 0 Å². The number of ether oxygens (including phenoxy) is 1. The average molecular weight is 271 g/mol. The van der Waals surface area contributed by atoms with Gasteiger partial charge < -0.3 is 20.7 Å². The van der Waals surface area contributed by atoms with Gasteiger partial charge >= 0.3 is 5.97 Å². The molecule has 0 aromatic rings. The number of esters is 1. The fraction of sp³-hybridized carbons (Fsp3) is 0.846. The van der Waals surface area contributed by atoms with E-state index in [4.69, 9.17) is 10.5 Å². The van der Waals surface area contributed by atoms with Crippen molar-refractivity contribution in [2.24, 2.45) is 11.7 Å². The summed E-state index contributed by atoms with van der Waals surface area (Å²) < 4.78 is 4.70. The molecule has 1 heterocycles. The van der Waals surface area contributed by atoms with Crippen LogP contribution in [0.15, 0.2) is 0 Å². The molecule has 1 amide bonds. The van der Waals surface area contributed by atoms with Crippen molar-refractivity contribution >= 4 is 11.9 Å². The Bertz CT molecular complexity index is 302. The Morgan fingerprint density at radius 3 is 2.63 bits per heavy atom. The predicted octanol–water partition coefficient (Wildman–Crippen LogP) is -0.275. The summed E-state index contributed by atoms with van der Waals surface area (Å²) in [5.74, 6) is -0.471. The summed E-state index contributed by atoms with van der Waals surface area (Å²) in [6, 6.07) is -1.21. The van der Waals surface area contributed by atoms with Crippen molar-refractivity contribution in [2.75, 3.05) is 33.3 Å². The van der Waals surface area contributed by atoms with Crippen molar-refractivity contribution in [3.8, 4) is 0 Å². The number of nitrogens with zero attached hydrogens (tertiary/aromatic N) is 1. The van der Waals surface area contributed by atoms with Crippen LogP contribution in [0.2, 0.25) is 0 Å². The summed E-state index contributed by atoms with van der Waals surface area (Å²) in [5, 5.41) is 2.70. The lowest BCUT2D eigenvalue weighted by Gasteiger charge is -2.28. The lowest BCUT2D eigenvalue weighted by molar-refractivity contribution is -0.147. The number of amides is 1. The molecule has 6 nitrogen and oxygen atoms in total. The SMILES string of the molecule is CCOC(=O)C(N)C(=O)NCCC1CCN(C)CC1. The van der Waals surface area contributed by atoms with Crippen LogP contribution in [0.3, 0.4) is 0 Å². The van der Waals surface area contributed by atoms with E-state index in [0.717, 1.165) is 32.4 Å². The van der Waals surface area contributed by atoms with Crippen LogP contribution in [-0.4, -0.2) is 56.1 Å². The zero-order valence-corrected chi connectivity index (χ0v) is 11.9. The van der Waals surface area contributed by atoms with Gasteiger partial charge in [0.2, 0.25) is 5.91 Å². The molecule has 1 saturated heterocycles. The second-order valence-electron chi connectivity index (χ2n) is 5.06. The highest BCUT2D eigenvalue weighted by molar-refractivity contribution is 6.01. The zero-order chi connectivity index (χ0) is 14.3. The fourth-order valence-electron chi connectivity index (χ4n) is 2.20. The molecule has 0 aliphatic carbocycles. The van der Waals surface area contributed by atoms with Gasteiger partial charge in [0.05, 0.1) is 6.61 Å². The highest BCUT2D eigenvalue weighted by atomic mass is 16.5. The molecule has 3 N–H and O–H groups in total. The van der Waals surface area contributed by atoms with E-state index in [2.05, 4.69) is 17.3 Å². The third-order valence-corrected chi connectivity index (χ3v) is 3.51. The van der Waals surface area contributed by atoms with Gasteiger partial charge in [-0.2, -0.15) is 0 Å². The molecule has 0 aromatic carbocycles. The van der Waals surface area contributed by atoms with Crippen molar-refractivity contribution < 1.29 is 14.3 Å². The molecule has 0 bridgehead atoms. The zero-order valence-electron chi connectivity index (χ0n) is 11.9. The molecule has 1 atom stereocenters. The topological polar surface area (TPSA) is 84.7 Å². The number of hydrogen-bond donors (Lipinski definition) is 2. The van der Waals surface area contributed by atoms with Crippen LogP contribution in [0.5, 0.6) is 0 Å². The van der Waals surface area contributed by atoms with E-state index in [9.17, 15) is 9.59 Å². The quantitative estimate of drug-likeness (QED) is 0.513. The Hall–Kier alpha value is -1.14. The van der Waals surface area contributed by atoms with Gasteiger partial charge in [-0.1, -0.05) is 0 Å². The number of piperidine rings is 1. The molecule has 1 rings (SSSR count). The molecule has 6 heteroatoms. The molecule has 0 saturated carbocycles. The van der Waals surface area contributed by atoms with Crippen LogP contribution in [0.4, 0.5) is 0 Å². The summed E-state index contributed by atoms with van der Waals surface area (Å²) in [5.41, 5.74) is 5.49. The van der Waals surface area contributed by atoms with Gasteiger partial charge in [-0.15, -0.1) is 0 Å². The van der Waals surface area contributed by atoms with Crippen LogP contribution in [0, 0.1) is 5.92 Å². The number of nitrogens with one attached hydrogen (secondary N) is 1. The maximum atomic E-state index is 11.6. The van der Waals surface area contributed by atoms with Crippen molar-refractivity contribution in [1.29, 1.82) is 0 Å². The molecule has 1 unspecified atom stereocenters. The lowest BCUT2D eigenvalue weighted by atomic mass is 9.94. The summed E-state index contributed by atoms with van der Waals surface area (Å²) in [6.45, 7) is 4.71. The first kappa shape index (κ1) is 15.9. The molecule has 1 aliphatic rings. The maximum Gasteiger partial charge on any atom is 0.332 e. The molecule has 0 radical (unpaired) electrons. The van der Waals surface area contributed by atoms with E-state index in [0.29, 0.717) is 12.5 Å². The number of likely N-dealkylation sites (tertiary alicyclic amines) is 1. The van der Waals surface area contributed by atoms with Gasteiger partial charge in [0.15, 0.2) is 6.04 Å². The highest BCUT2D eigenvalue weighted by Gasteiger charge is 2.23. The Balaban J connectivity index is 2.18. The maximum absolute atomic E-state index is 11.6. The van der Waals surface area contributed by atoms with E-state index in [1.807, 2.05) is 0 Å². The summed E-state index contributed by atoms with van der Waals surface area (Å²) in [4.78, 5) is 25.2. The number of carbonyl (C=O) groups is 2. The van der Waals surface area contributed by atoms with Gasteiger partial charge in [0.25, 0.3) is 0 Å². The number of nitrogens with two attached hydrogens (primary N) is 1. The predicted molar refractivity (Wildman–Crippen MR) is 72.5 cm³/mol. The third-order valence-electron chi connectivity index (χ3n) is 3.51. The van der Waals surface area contributed by atoms with Gasteiger partial charge in [-0.25, -0.2) is 4.79 Å². The summed E-state index contributed by atoms with van der Waals surface area (Å²) in [6.07, 6.45) is 3.27. The van der Waals surface area contributed by atoms with E-state index in [1.165, 1.54) is 0 Å². The Kier molecular flexibility index (Phi) is 6.80. The number of rotatable bonds is 6. The van der Waals surface area contributed by atoms with E-state index < -0.39 is 17.9 Å². The van der Waals surface area contributed by atoms with E-state index in [1.54, 1.807) is 6.92 Å². The van der Waals surface area contributed by atoms with E-state index in [-0.39, 0.29) is 6.61 Å². The van der Waals surface area contributed by atoms with Gasteiger partial charge in [0.1, 0.15) is 0 Å². The molecular weight excluding hydrogens is 246 g/mol. The van der Waals surface area contributed by atoms with Crippen LogP contribution < -0.4 is 11.1 Å².